The smallest absolute Gasteiger partial charge is 0.354 e. The van der Waals surface area contributed by atoms with Crippen molar-refractivity contribution in [3.63, 3.8) is 0 Å². The number of hydroxylamine groups is 2. The third kappa shape index (κ3) is 7.46. The number of nitrogens with zero attached hydrogens (tertiary/aromatic N) is 1. The summed E-state index contributed by atoms with van der Waals surface area (Å²) in [7, 11) is 0. The number of alkyl halides is 3. The molecule has 11 heteroatoms. The molecular formula is C18H31F3N4O4. The molecule has 0 unspecified atom stereocenters. The molecule has 1 atom stereocenters. The molecule has 5 N–H and O–H groups in total. The van der Waals surface area contributed by atoms with Crippen molar-refractivity contribution in [3.05, 3.63) is 0 Å². The second kappa shape index (κ2) is 11.3. The second-order valence-corrected chi connectivity index (χ2v) is 7.48. The summed E-state index contributed by atoms with van der Waals surface area (Å²) in [4.78, 5) is 40.6. The van der Waals surface area contributed by atoms with E-state index in [2.05, 4.69) is 10.2 Å². The quantitative estimate of drug-likeness (QED) is 0.480. The van der Waals surface area contributed by atoms with Crippen LogP contribution in [-0.4, -0.2) is 54.2 Å². The fourth-order valence-electron chi connectivity index (χ4n) is 3.45. The van der Waals surface area contributed by atoms with Gasteiger partial charge < -0.3 is 21.6 Å². The van der Waals surface area contributed by atoms with Crippen LogP contribution < -0.4 is 16.8 Å². The van der Waals surface area contributed by atoms with E-state index in [1.807, 2.05) is 0 Å². The van der Waals surface area contributed by atoms with Crippen LogP contribution in [0.4, 0.5) is 13.2 Å². The Balaban J connectivity index is 2.93. The third-order valence-electron chi connectivity index (χ3n) is 5.17. The van der Waals surface area contributed by atoms with Crippen LogP contribution in [0, 0.1) is 5.92 Å². The van der Waals surface area contributed by atoms with Crippen molar-refractivity contribution in [2.75, 3.05) is 19.6 Å². The van der Waals surface area contributed by atoms with Crippen LogP contribution in [0.15, 0.2) is 0 Å². The first-order chi connectivity index (χ1) is 13.6. The van der Waals surface area contributed by atoms with E-state index in [1.165, 1.54) is 13.3 Å². The van der Waals surface area contributed by atoms with E-state index < -0.39 is 36.0 Å². The summed E-state index contributed by atoms with van der Waals surface area (Å²) in [6.45, 7) is 0.928. The fourth-order valence-corrected chi connectivity index (χ4v) is 3.45. The van der Waals surface area contributed by atoms with Crippen LogP contribution in [0.5, 0.6) is 0 Å². The van der Waals surface area contributed by atoms with Crippen molar-refractivity contribution >= 4 is 17.8 Å². The predicted octanol–water partition coefficient (Wildman–Crippen LogP) is 1.38. The van der Waals surface area contributed by atoms with Crippen LogP contribution in [0.25, 0.3) is 0 Å². The Morgan fingerprint density at radius 1 is 1.14 bits per heavy atom. The molecule has 1 saturated carbocycles. The number of nitrogens with one attached hydrogen (secondary N) is 1. The van der Waals surface area contributed by atoms with E-state index in [1.54, 1.807) is 0 Å². The number of amides is 2. The molecule has 0 radical (unpaired) electrons. The van der Waals surface area contributed by atoms with Gasteiger partial charge in [0.1, 0.15) is 0 Å². The number of carbonyl (C=O) groups excluding carboxylic acids is 3. The first kappa shape index (κ1) is 25.2. The number of hydrogen-bond donors (Lipinski definition) is 3. The lowest BCUT2D eigenvalue weighted by Gasteiger charge is -2.37. The number of nitrogens with two attached hydrogens (primary N) is 2. The molecule has 0 saturated heterocycles. The minimum Gasteiger partial charge on any atom is -0.354 e. The van der Waals surface area contributed by atoms with Crippen molar-refractivity contribution in [1.82, 2.24) is 10.4 Å². The van der Waals surface area contributed by atoms with Crippen LogP contribution in [0.1, 0.15) is 58.3 Å². The van der Waals surface area contributed by atoms with Gasteiger partial charge in [-0.3, -0.25) is 9.59 Å². The molecule has 0 aromatic rings. The van der Waals surface area contributed by atoms with Gasteiger partial charge in [-0.1, -0.05) is 32.1 Å². The molecule has 1 aliphatic rings. The number of rotatable bonds is 9. The summed E-state index contributed by atoms with van der Waals surface area (Å²) in [5.41, 5.74) is 8.85. The highest BCUT2D eigenvalue weighted by Gasteiger charge is 2.49. The SMILES string of the molecule is C[C@](CCCN)(C(=O)NCCC1CCCCC1)N(OC(=O)C(F)(F)F)C(=O)CN. The number of hydrogen-bond acceptors (Lipinski definition) is 6. The lowest BCUT2D eigenvalue weighted by atomic mass is 9.87. The molecule has 1 rings (SSSR count). The van der Waals surface area contributed by atoms with Crippen LogP contribution in [0.3, 0.4) is 0 Å². The summed E-state index contributed by atoms with van der Waals surface area (Å²) >= 11 is 0. The maximum absolute atomic E-state index is 12.8. The van der Waals surface area contributed by atoms with Gasteiger partial charge in [0.2, 0.25) is 5.91 Å². The zero-order chi connectivity index (χ0) is 22.1. The minimum atomic E-state index is -5.33. The monoisotopic (exact) mass is 424 g/mol. The molecule has 1 fully saturated rings. The van der Waals surface area contributed by atoms with Gasteiger partial charge >= 0.3 is 12.1 Å². The average Bonchev–Trinajstić information content (AvgIpc) is 2.69. The van der Waals surface area contributed by atoms with Gasteiger partial charge in [0.05, 0.1) is 6.54 Å². The Bertz CT molecular complexity index is 568. The highest BCUT2D eigenvalue weighted by Crippen LogP contribution is 2.28. The molecule has 0 aromatic carbocycles. The summed E-state index contributed by atoms with van der Waals surface area (Å²) in [6.07, 6.45) is 1.12. The predicted molar refractivity (Wildman–Crippen MR) is 98.9 cm³/mol. The third-order valence-corrected chi connectivity index (χ3v) is 5.17. The molecule has 0 aliphatic heterocycles. The van der Waals surface area contributed by atoms with Crippen molar-refractivity contribution in [1.29, 1.82) is 0 Å². The Morgan fingerprint density at radius 3 is 2.28 bits per heavy atom. The van der Waals surface area contributed by atoms with Crippen molar-refractivity contribution < 1.29 is 32.4 Å². The molecule has 8 nitrogen and oxygen atoms in total. The number of carbonyl (C=O) groups is 3. The largest absolute Gasteiger partial charge is 0.493 e. The van der Waals surface area contributed by atoms with Gasteiger partial charge in [0.15, 0.2) is 5.54 Å². The van der Waals surface area contributed by atoms with Gasteiger partial charge in [-0.05, 0) is 38.6 Å². The van der Waals surface area contributed by atoms with Crippen molar-refractivity contribution in [2.24, 2.45) is 17.4 Å². The van der Waals surface area contributed by atoms with Gasteiger partial charge in [-0.25, -0.2) is 4.79 Å². The zero-order valence-corrected chi connectivity index (χ0v) is 16.7. The Labute approximate surface area is 168 Å². The average molecular weight is 424 g/mol. The maximum atomic E-state index is 12.8. The molecule has 0 bridgehead atoms. The standard InChI is InChI=1S/C18H31F3N4O4/c1-17(9-5-10-22,15(27)24-11-8-13-6-3-2-4-7-13)25(14(26)12-23)29-16(28)18(19,20)21/h13H,2-12,22-23H2,1H3,(H,24,27)/t17-/m0/s1. The first-order valence-corrected chi connectivity index (χ1v) is 9.87. The fraction of sp³-hybridized carbons (Fsp3) is 0.833. The van der Waals surface area contributed by atoms with Crippen molar-refractivity contribution in [2.45, 2.75) is 70.0 Å². The topological polar surface area (TPSA) is 128 Å². The Hall–Kier alpha value is -1.88. The number of halogens is 3. The van der Waals surface area contributed by atoms with Crippen LogP contribution in [0.2, 0.25) is 0 Å². The van der Waals surface area contributed by atoms with Gasteiger partial charge in [-0.15, -0.1) is 0 Å². The van der Waals surface area contributed by atoms with E-state index in [9.17, 15) is 27.6 Å². The molecule has 2 amide bonds. The lowest BCUT2D eigenvalue weighted by molar-refractivity contribution is -0.252. The molecule has 0 spiro atoms. The van der Waals surface area contributed by atoms with E-state index in [0.717, 1.165) is 32.1 Å². The molecule has 168 valence electrons. The molecule has 29 heavy (non-hydrogen) atoms. The summed E-state index contributed by atoms with van der Waals surface area (Å²) in [6, 6.07) is 0. The Morgan fingerprint density at radius 2 is 1.76 bits per heavy atom. The van der Waals surface area contributed by atoms with E-state index in [0.29, 0.717) is 12.5 Å². The van der Waals surface area contributed by atoms with Gasteiger partial charge in [0, 0.05) is 6.54 Å². The summed E-state index contributed by atoms with van der Waals surface area (Å²) in [5, 5.41) is 2.81. The Kier molecular flexibility index (Phi) is 9.84. The van der Waals surface area contributed by atoms with E-state index >= 15 is 0 Å². The van der Waals surface area contributed by atoms with Crippen molar-refractivity contribution in [3.8, 4) is 0 Å². The van der Waals surface area contributed by atoms with Gasteiger partial charge in [-0.2, -0.15) is 18.2 Å². The summed E-state index contributed by atoms with van der Waals surface area (Å²) < 4.78 is 38.0. The molecule has 0 aromatic heterocycles. The highest BCUT2D eigenvalue weighted by atomic mass is 19.4. The van der Waals surface area contributed by atoms with E-state index in [4.69, 9.17) is 11.5 Å². The first-order valence-electron chi connectivity index (χ1n) is 9.87. The molecular weight excluding hydrogens is 393 g/mol. The molecule has 1 aliphatic carbocycles. The van der Waals surface area contributed by atoms with E-state index in [-0.39, 0.29) is 24.4 Å². The lowest BCUT2D eigenvalue weighted by Crippen LogP contribution is -2.61. The zero-order valence-electron chi connectivity index (χ0n) is 16.7. The second-order valence-electron chi connectivity index (χ2n) is 7.48. The highest BCUT2D eigenvalue weighted by molar-refractivity contribution is 5.92. The normalized spacial score (nSPS) is 17.3. The summed E-state index contributed by atoms with van der Waals surface area (Å²) in [5.74, 6) is -3.97. The van der Waals surface area contributed by atoms with Crippen LogP contribution >= 0.6 is 0 Å². The van der Waals surface area contributed by atoms with Gasteiger partial charge in [0.25, 0.3) is 5.91 Å². The maximum Gasteiger partial charge on any atom is 0.493 e. The molecule has 0 heterocycles. The van der Waals surface area contributed by atoms with Crippen LogP contribution in [-0.2, 0) is 19.2 Å². The minimum absolute atomic E-state index is 0.102.